The number of carbonyl (C=O) groups is 1. The molecule has 0 spiro atoms. The van der Waals surface area contributed by atoms with E-state index in [2.05, 4.69) is 11.2 Å². The molecular weight excluding hydrogens is 258 g/mol. The average molecular weight is 277 g/mol. The van der Waals surface area contributed by atoms with E-state index in [1.807, 2.05) is 12.1 Å². The molecule has 1 aromatic rings. The summed E-state index contributed by atoms with van der Waals surface area (Å²) in [6.07, 6.45) is 13.4. The summed E-state index contributed by atoms with van der Waals surface area (Å²) < 4.78 is 5.55. The van der Waals surface area contributed by atoms with Crippen LogP contribution < -0.4 is 0 Å². The molecule has 0 saturated heterocycles. The van der Waals surface area contributed by atoms with E-state index in [1.165, 1.54) is 12.5 Å². The van der Waals surface area contributed by atoms with Gasteiger partial charge in [-0.3, -0.25) is 4.98 Å². The van der Waals surface area contributed by atoms with Gasteiger partial charge in [-0.05, 0) is 49.3 Å². The molecule has 2 rings (SSSR count). The Kier molecular flexibility index (Phi) is 5.45. The largest absolute Gasteiger partial charge is 0.458 e. The first-order valence-electron chi connectivity index (χ1n) is 6.61. The maximum Gasteiger partial charge on any atom is 0.331 e. The predicted molar refractivity (Wildman–Crippen MR) is 78.9 cm³/mol. The number of hydrogen-bond acceptors (Lipinski definition) is 4. The minimum atomic E-state index is -0.247. The topological polar surface area (TPSA) is 39.2 Å². The fraction of sp³-hybridized carbons (Fsp3) is 0.467. The summed E-state index contributed by atoms with van der Waals surface area (Å²) in [5, 5.41) is 0.451. The molecule has 19 heavy (non-hydrogen) atoms. The molecule has 1 heterocycles. The zero-order chi connectivity index (χ0) is 13.5. The number of hydrogen-bond donors (Lipinski definition) is 0. The summed E-state index contributed by atoms with van der Waals surface area (Å²) in [7, 11) is 0. The molecule has 1 aliphatic rings. The van der Waals surface area contributed by atoms with Crippen LogP contribution in [0.4, 0.5) is 0 Å². The highest BCUT2D eigenvalue weighted by Crippen LogP contribution is 2.29. The molecule has 3 nitrogen and oxygen atoms in total. The minimum Gasteiger partial charge on any atom is -0.458 e. The van der Waals surface area contributed by atoms with Crippen LogP contribution in [0.15, 0.2) is 30.6 Å². The standard InChI is InChI=1S/C15H19NO2S/c1-19-14-5-3-2-4-13(14)18-15(17)7-6-12-8-10-16-11-9-12/h6-11,13-14H,2-5H2,1H3/b7-6+/t13-,14-/m1/s1. The van der Waals surface area contributed by atoms with Crippen molar-refractivity contribution >= 4 is 23.8 Å². The Morgan fingerprint density at radius 3 is 2.84 bits per heavy atom. The first-order chi connectivity index (χ1) is 9.29. The summed E-state index contributed by atoms with van der Waals surface area (Å²) in [6, 6.07) is 3.71. The summed E-state index contributed by atoms with van der Waals surface area (Å²) in [6.45, 7) is 0. The lowest BCUT2D eigenvalue weighted by Crippen LogP contribution is -2.31. The lowest BCUT2D eigenvalue weighted by molar-refractivity contribution is -0.143. The Labute approximate surface area is 118 Å². The molecule has 0 amide bonds. The highest BCUT2D eigenvalue weighted by atomic mass is 32.2. The predicted octanol–water partition coefficient (Wildman–Crippen LogP) is 3.31. The maximum absolute atomic E-state index is 11.8. The summed E-state index contributed by atoms with van der Waals surface area (Å²) in [4.78, 5) is 15.7. The van der Waals surface area contributed by atoms with Crippen molar-refractivity contribution in [3.63, 3.8) is 0 Å². The Balaban J connectivity index is 1.88. The second-order valence-electron chi connectivity index (χ2n) is 4.65. The summed E-state index contributed by atoms with van der Waals surface area (Å²) >= 11 is 1.80. The Bertz CT molecular complexity index is 433. The van der Waals surface area contributed by atoms with E-state index in [9.17, 15) is 4.79 Å². The zero-order valence-corrected chi connectivity index (χ0v) is 11.9. The highest BCUT2D eigenvalue weighted by Gasteiger charge is 2.26. The van der Waals surface area contributed by atoms with Crippen LogP contribution in [0.2, 0.25) is 0 Å². The smallest absolute Gasteiger partial charge is 0.331 e. The van der Waals surface area contributed by atoms with Crippen molar-refractivity contribution in [2.24, 2.45) is 0 Å². The van der Waals surface area contributed by atoms with Gasteiger partial charge >= 0.3 is 5.97 Å². The van der Waals surface area contributed by atoms with Crippen molar-refractivity contribution in [3.8, 4) is 0 Å². The molecule has 102 valence electrons. The van der Waals surface area contributed by atoms with Gasteiger partial charge in [0.05, 0.1) is 0 Å². The molecule has 1 aromatic heterocycles. The van der Waals surface area contributed by atoms with Crippen LogP contribution in [0.3, 0.4) is 0 Å². The second-order valence-corrected chi connectivity index (χ2v) is 5.72. The second kappa shape index (κ2) is 7.34. The lowest BCUT2D eigenvalue weighted by atomic mass is 9.97. The number of thioether (sulfide) groups is 1. The Morgan fingerprint density at radius 2 is 2.11 bits per heavy atom. The maximum atomic E-state index is 11.8. The van der Waals surface area contributed by atoms with Gasteiger partial charge in [-0.15, -0.1) is 0 Å². The number of ether oxygens (including phenoxy) is 1. The quantitative estimate of drug-likeness (QED) is 0.625. The molecule has 0 bridgehead atoms. The molecule has 1 fully saturated rings. The highest BCUT2D eigenvalue weighted by molar-refractivity contribution is 7.99. The van der Waals surface area contributed by atoms with Gasteiger partial charge in [0.2, 0.25) is 0 Å². The zero-order valence-electron chi connectivity index (χ0n) is 11.1. The number of carbonyl (C=O) groups excluding carboxylic acids is 1. The van der Waals surface area contributed by atoms with Crippen molar-refractivity contribution in [2.45, 2.75) is 37.0 Å². The molecular formula is C15H19NO2S. The number of pyridine rings is 1. The van der Waals surface area contributed by atoms with E-state index in [4.69, 9.17) is 4.74 Å². The fourth-order valence-electron chi connectivity index (χ4n) is 2.29. The first-order valence-corrected chi connectivity index (χ1v) is 7.90. The van der Waals surface area contributed by atoms with Gasteiger partial charge < -0.3 is 4.74 Å². The van der Waals surface area contributed by atoms with Gasteiger partial charge in [0.1, 0.15) is 6.10 Å². The number of nitrogens with zero attached hydrogens (tertiary/aromatic N) is 1. The van der Waals surface area contributed by atoms with E-state index in [0.29, 0.717) is 5.25 Å². The number of aromatic nitrogens is 1. The molecule has 1 aliphatic carbocycles. The van der Waals surface area contributed by atoms with Gasteiger partial charge in [0, 0.05) is 23.7 Å². The van der Waals surface area contributed by atoms with Crippen LogP contribution in [0.5, 0.6) is 0 Å². The van der Waals surface area contributed by atoms with Crippen LogP contribution in [-0.4, -0.2) is 28.6 Å². The van der Waals surface area contributed by atoms with Crippen molar-refractivity contribution in [3.05, 3.63) is 36.2 Å². The third kappa shape index (κ3) is 4.39. The van der Waals surface area contributed by atoms with Gasteiger partial charge in [-0.25, -0.2) is 4.79 Å². The number of rotatable bonds is 4. The fourth-order valence-corrected chi connectivity index (χ4v) is 3.19. The lowest BCUT2D eigenvalue weighted by Gasteiger charge is -2.29. The Hall–Kier alpha value is -1.29. The van der Waals surface area contributed by atoms with E-state index in [1.54, 1.807) is 30.2 Å². The minimum absolute atomic E-state index is 0.0679. The molecule has 0 aromatic carbocycles. The van der Waals surface area contributed by atoms with Gasteiger partial charge in [0.25, 0.3) is 0 Å². The number of esters is 1. The first kappa shape index (κ1) is 14.1. The molecule has 0 aliphatic heterocycles. The SMILES string of the molecule is CS[C@@H]1CCCC[C@H]1OC(=O)/C=C/c1ccncc1. The van der Waals surface area contributed by atoms with Gasteiger partial charge in [-0.1, -0.05) is 6.42 Å². The monoisotopic (exact) mass is 277 g/mol. The van der Waals surface area contributed by atoms with Crippen LogP contribution in [0.1, 0.15) is 31.2 Å². The third-order valence-corrected chi connectivity index (χ3v) is 4.47. The van der Waals surface area contributed by atoms with Crippen molar-refractivity contribution in [1.82, 2.24) is 4.98 Å². The normalized spacial score (nSPS) is 23.4. The molecule has 2 atom stereocenters. The van der Waals surface area contributed by atoms with Crippen LogP contribution >= 0.6 is 11.8 Å². The van der Waals surface area contributed by atoms with Crippen molar-refractivity contribution < 1.29 is 9.53 Å². The van der Waals surface area contributed by atoms with E-state index in [0.717, 1.165) is 24.8 Å². The van der Waals surface area contributed by atoms with Crippen molar-refractivity contribution in [2.75, 3.05) is 6.26 Å². The third-order valence-electron chi connectivity index (χ3n) is 3.33. The van der Waals surface area contributed by atoms with Crippen LogP contribution in [-0.2, 0) is 9.53 Å². The van der Waals surface area contributed by atoms with Crippen molar-refractivity contribution in [1.29, 1.82) is 0 Å². The molecule has 1 saturated carbocycles. The summed E-state index contributed by atoms with van der Waals surface area (Å²) in [5.41, 5.74) is 0.956. The van der Waals surface area contributed by atoms with Gasteiger partial charge in [-0.2, -0.15) is 11.8 Å². The molecule has 0 unspecified atom stereocenters. The summed E-state index contributed by atoms with van der Waals surface area (Å²) in [5.74, 6) is -0.247. The molecule has 0 N–H and O–H groups in total. The average Bonchev–Trinajstić information content (AvgIpc) is 2.47. The molecule has 0 radical (unpaired) electrons. The van der Waals surface area contributed by atoms with Gasteiger partial charge in [0.15, 0.2) is 0 Å². The van der Waals surface area contributed by atoms with E-state index >= 15 is 0 Å². The molecule has 4 heteroatoms. The van der Waals surface area contributed by atoms with E-state index < -0.39 is 0 Å². The van der Waals surface area contributed by atoms with E-state index in [-0.39, 0.29) is 12.1 Å². The Morgan fingerprint density at radius 1 is 1.37 bits per heavy atom. The van der Waals surface area contributed by atoms with Crippen LogP contribution in [0, 0.1) is 0 Å². The van der Waals surface area contributed by atoms with Crippen LogP contribution in [0.25, 0.3) is 6.08 Å².